The second kappa shape index (κ2) is 6.11. The van der Waals surface area contributed by atoms with Gasteiger partial charge in [-0.25, -0.2) is 9.59 Å². The Labute approximate surface area is 121 Å². The van der Waals surface area contributed by atoms with E-state index in [0.717, 1.165) is 10.5 Å². The van der Waals surface area contributed by atoms with Crippen molar-refractivity contribution < 1.29 is 29.6 Å². The Morgan fingerprint density at radius 2 is 2.00 bits per heavy atom. The fourth-order valence-electron chi connectivity index (χ4n) is 2.31. The summed E-state index contributed by atoms with van der Waals surface area (Å²) in [6.07, 6.45) is -1.51. The number of hydrogen-bond donors (Lipinski definition) is 3. The van der Waals surface area contributed by atoms with E-state index in [1.807, 2.05) is 6.07 Å². The molecule has 7 nitrogen and oxygen atoms in total. The number of likely N-dealkylation sites (tertiary alicyclic amines) is 1. The van der Waals surface area contributed by atoms with Crippen LogP contribution in [0.2, 0.25) is 0 Å². The molecule has 0 bridgehead atoms. The lowest BCUT2D eigenvalue weighted by atomic mass is 10.0. The highest BCUT2D eigenvalue weighted by Crippen LogP contribution is 2.28. The van der Waals surface area contributed by atoms with Crippen LogP contribution in [0.1, 0.15) is 12.0 Å². The van der Waals surface area contributed by atoms with Crippen molar-refractivity contribution >= 4 is 12.1 Å². The molecule has 21 heavy (non-hydrogen) atoms. The molecule has 0 aliphatic carbocycles. The van der Waals surface area contributed by atoms with Crippen molar-refractivity contribution in [1.82, 2.24) is 4.90 Å². The fourth-order valence-corrected chi connectivity index (χ4v) is 2.31. The zero-order valence-corrected chi connectivity index (χ0v) is 11.3. The Balaban J connectivity index is 2.01. The Kier molecular flexibility index (Phi) is 4.44. The second-order valence-corrected chi connectivity index (χ2v) is 5.11. The fraction of sp³-hybridized carbons (Fsp3) is 0.429. The number of carboxylic acid groups (broad SMARTS) is 1. The average Bonchev–Trinajstić information content (AvgIpc) is 2.85. The topological polar surface area (TPSA) is 107 Å². The van der Waals surface area contributed by atoms with Crippen molar-refractivity contribution in [3.63, 3.8) is 0 Å². The Morgan fingerprint density at radius 1 is 1.33 bits per heavy atom. The standard InChI is InChI=1S/C14H17NO6/c16-9-14(20)6-11(15(8-14)13(18)19)12(17)21-7-10-4-2-1-3-5-10/h1-5,11,16,20H,6-9H2,(H,18,19)/t11-,14+/m0/s1. The van der Waals surface area contributed by atoms with Gasteiger partial charge in [0.25, 0.3) is 0 Å². The molecule has 1 aromatic carbocycles. The number of hydrogen-bond acceptors (Lipinski definition) is 5. The molecule has 114 valence electrons. The van der Waals surface area contributed by atoms with E-state index in [9.17, 15) is 14.7 Å². The Bertz CT molecular complexity index is 519. The van der Waals surface area contributed by atoms with E-state index in [-0.39, 0.29) is 19.6 Å². The molecule has 1 aromatic rings. The quantitative estimate of drug-likeness (QED) is 0.685. The van der Waals surface area contributed by atoms with Crippen molar-refractivity contribution in [2.45, 2.75) is 24.7 Å². The molecule has 1 heterocycles. The van der Waals surface area contributed by atoms with Crippen LogP contribution in [-0.4, -0.2) is 57.1 Å². The number of aliphatic hydroxyl groups excluding tert-OH is 1. The summed E-state index contributed by atoms with van der Waals surface area (Å²) in [6.45, 7) is -0.898. The first-order valence-electron chi connectivity index (χ1n) is 6.48. The largest absolute Gasteiger partial charge is 0.465 e. The third-order valence-electron chi connectivity index (χ3n) is 3.45. The molecule has 3 N–H and O–H groups in total. The first-order chi connectivity index (χ1) is 9.95. The molecule has 1 aliphatic heterocycles. The first kappa shape index (κ1) is 15.3. The number of esters is 1. The van der Waals surface area contributed by atoms with Crippen LogP contribution in [0.3, 0.4) is 0 Å². The van der Waals surface area contributed by atoms with Gasteiger partial charge < -0.3 is 20.1 Å². The van der Waals surface area contributed by atoms with Gasteiger partial charge in [0.05, 0.1) is 13.2 Å². The number of aliphatic hydroxyl groups is 2. The van der Waals surface area contributed by atoms with Crippen LogP contribution in [0, 0.1) is 0 Å². The normalized spacial score (nSPS) is 24.9. The molecule has 2 atom stereocenters. The lowest BCUT2D eigenvalue weighted by Crippen LogP contribution is -2.41. The van der Waals surface area contributed by atoms with Crippen LogP contribution in [-0.2, 0) is 16.1 Å². The molecule has 7 heteroatoms. The lowest BCUT2D eigenvalue weighted by molar-refractivity contribution is -0.150. The second-order valence-electron chi connectivity index (χ2n) is 5.11. The number of nitrogens with zero attached hydrogens (tertiary/aromatic N) is 1. The summed E-state index contributed by atoms with van der Waals surface area (Å²) < 4.78 is 5.09. The molecule has 0 unspecified atom stereocenters. The van der Waals surface area contributed by atoms with Crippen LogP contribution >= 0.6 is 0 Å². The van der Waals surface area contributed by atoms with Gasteiger partial charge in [-0.15, -0.1) is 0 Å². The van der Waals surface area contributed by atoms with Gasteiger partial charge in [0.2, 0.25) is 0 Å². The highest BCUT2D eigenvalue weighted by molar-refractivity contribution is 5.82. The third kappa shape index (κ3) is 3.50. The van der Waals surface area contributed by atoms with Gasteiger partial charge in [0, 0.05) is 6.42 Å². The molecular formula is C14H17NO6. The van der Waals surface area contributed by atoms with E-state index < -0.39 is 30.3 Å². The first-order valence-corrected chi connectivity index (χ1v) is 6.48. The number of ether oxygens (including phenoxy) is 1. The third-order valence-corrected chi connectivity index (χ3v) is 3.45. The summed E-state index contributed by atoms with van der Waals surface area (Å²) in [4.78, 5) is 23.9. The van der Waals surface area contributed by atoms with Gasteiger partial charge in [-0.05, 0) is 5.56 Å². The number of β-amino-alcohol motifs (C(OH)–C–C–N with tert-alkyl or cyclic N) is 1. The maximum absolute atomic E-state index is 12.0. The maximum atomic E-state index is 12.0. The summed E-state index contributed by atoms with van der Waals surface area (Å²) in [6, 6.07) is 7.88. The molecule has 2 rings (SSSR count). The molecule has 0 aromatic heterocycles. The highest BCUT2D eigenvalue weighted by atomic mass is 16.5. The van der Waals surface area contributed by atoms with E-state index in [2.05, 4.69) is 0 Å². The van der Waals surface area contributed by atoms with Gasteiger partial charge in [0.15, 0.2) is 0 Å². The minimum Gasteiger partial charge on any atom is -0.465 e. The van der Waals surface area contributed by atoms with Crippen LogP contribution in [0.5, 0.6) is 0 Å². The number of amides is 1. The summed E-state index contributed by atoms with van der Waals surface area (Å²) in [5, 5.41) is 28.1. The summed E-state index contributed by atoms with van der Waals surface area (Å²) in [5.41, 5.74) is -0.822. The van der Waals surface area contributed by atoms with E-state index in [1.165, 1.54) is 0 Å². The van der Waals surface area contributed by atoms with E-state index >= 15 is 0 Å². The molecule has 0 radical (unpaired) electrons. The molecular weight excluding hydrogens is 278 g/mol. The SMILES string of the molecule is O=C(OCc1ccccc1)[C@@H]1C[C@](O)(CO)CN1C(=O)O. The van der Waals surface area contributed by atoms with Crippen LogP contribution in [0.15, 0.2) is 30.3 Å². The molecule has 1 fully saturated rings. The van der Waals surface area contributed by atoms with Crippen molar-refractivity contribution in [1.29, 1.82) is 0 Å². The number of rotatable bonds is 4. The minimum absolute atomic E-state index is 0.0290. The summed E-state index contributed by atoms with van der Waals surface area (Å²) in [7, 11) is 0. The molecule has 0 spiro atoms. The molecule has 0 saturated carbocycles. The van der Waals surface area contributed by atoms with Gasteiger partial charge in [0.1, 0.15) is 18.2 Å². The molecule has 1 amide bonds. The zero-order chi connectivity index (χ0) is 15.5. The number of benzene rings is 1. The van der Waals surface area contributed by atoms with Gasteiger partial charge in [-0.1, -0.05) is 30.3 Å². The van der Waals surface area contributed by atoms with Gasteiger partial charge in [-0.2, -0.15) is 0 Å². The molecule has 1 saturated heterocycles. The van der Waals surface area contributed by atoms with E-state index in [1.54, 1.807) is 24.3 Å². The average molecular weight is 295 g/mol. The smallest absolute Gasteiger partial charge is 0.408 e. The van der Waals surface area contributed by atoms with E-state index in [4.69, 9.17) is 14.9 Å². The Hall–Kier alpha value is -2.12. The van der Waals surface area contributed by atoms with Crippen molar-refractivity contribution in [2.75, 3.05) is 13.2 Å². The summed E-state index contributed by atoms with van der Waals surface area (Å²) >= 11 is 0. The highest BCUT2D eigenvalue weighted by Gasteiger charge is 2.48. The number of carbonyl (C=O) groups excluding carboxylic acids is 1. The zero-order valence-electron chi connectivity index (χ0n) is 11.3. The van der Waals surface area contributed by atoms with Crippen LogP contribution < -0.4 is 0 Å². The van der Waals surface area contributed by atoms with Crippen molar-refractivity contribution in [2.24, 2.45) is 0 Å². The van der Waals surface area contributed by atoms with Crippen LogP contribution in [0.4, 0.5) is 4.79 Å². The minimum atomic E-state index is -1.60. The Morgan fingerprint density at radius 3 is 2.57 bits per heavy atom. The summed E-state index contributed by atoms with van der Waals surface area (Å²) in [5.74, 6) is -0.731. The van der Waals surface area contributed by atoms with Crippen molar-refractivity contribution in [3.8, 4) is 0 Å². The lowest BCUT2D eigenvalue weighted by Gasteiger charge is -2.20. The van der Waals surface area contributed by atoms with Gasteiger partial charge >= 0.3 is 12.1 Å². The van der Waals surface area contributed by atoms with E-state index in [0.29, 0.717) is 0 Å². The van der Waals surface area contributed by atoms with Crippen molar-refractivity contribution in [3.05, 3.63) is 35.9 Å². The molecule has 1 aliphatic rings. The van der Waals surface area contributed by atoms with Gasteiger partial charge in [-0.3, -0.25) is 4.90 Å². The maximum Gasteiger partial charge on any atom is 0.408 e. The predicted molar refractivity (Wildman–Crippen MR) is 71.4 cm³/mol. The predicted octanol–water partition coefficient (Wildman–Crippen LogP) is 0.205. The van der Waals surface area contributed by atoms with Crippen LogP contribution in [0.25, 0.3) is 0 Å². The monoisotopic (exact) mass is 295 g/mol. The number of carbonyl (C=O) groups is 2.